The highest BCUT2D eigenvalue weighted by Gasteiger charge is 2.37. The highest BCUT2D eigenvalue weighted by atomic mass is 32.2. The molecule has 11 heteroatoms. The maximum Gasteiger partial charge on any atom is 0.314 e. The van der Waals surface area contributed by atoms with E-state index in [1.165, 1.54) is 29.8 Å². The summed E-state index contributed by atoms with van der Waals surface area (Å²) in [5, 5.41) is 6.50. The van der Waals surface area contributed by atoms with Crippen molar-refractivity contribution in [2.45, 2.75) is 56.4 Å². The van der Waals surface area contributed by atoms with Gasteiger partial charge in [0.2, 0.25) is 15.9 Å². The summed E-state index contributed by atoms with van der Waals surface area (Å²) in [4.78, 5) is 6.79. The Bertz CT molecular complexity index is 1230. The van der Waals surface area contributed by atoms with E-state index in [2.05, 4.69) is 20.1 Å². The van der Waals surface area contributed by atoms with Crippen LogP contribution in [0.25, 0.3) is 11.5 Å². The average Bonchev–Trinajstić information content (AvgIpc) is 3.34. The molecular weight excluding hydrogens is 476 g/mol. The van der Waals surface area contributed by atoms with E-state index in [0.29, 0.717) is 35.8 Å². The van der Waals surface area contributed by atoms with Crippen molar-refractivity contribution in [3.05, 3.63) is 60.2 Å². The predicted molar refractivity (Wildman–Crippen MR) is 126 cm³/mol. The minimum Gasteiger partial charge on any atom is -0.415 e. The zero-order valence-corrected chi connectivity index (χ0v) is 19.9. The summed E-state index contributed by atoms with van der Waals surface area (Å²) in [6.45, 7) is 1.66. The van der Waals surface area contributed by atoms with Gasteiger partial charge in [-0.25, -0.2) is 8.42 Å². The fourth-order valence-electron chi connectivity index (χ4n) is 4.62. The number of hydrogen-bond acceptors (Lipinski definition) is 7. The molecule has 0 bridgehead atoms. The summed E-state index contributed by atoms with van der Waals surface area (Å²) in [5.41, 5.74) is 1.48. The Balaban J connectivity index is 1.34. The van der Waals surface area contributed by atoms with Crippen molar-refractivity contribution in [3.63, 3.8) is 0 Å². The second-order valence-electron chi connectivity index (χ2n) is 8.99. The lowest BCUT2D eigenvalue weighted by atomic mass is 9.90. The SMILES string of the molecule is O=S(=O)(C1CCN(C2CCC2)CC1)N(Cc1ccc(-c2nnc(C(F)F)o2)cn1)c1ccccc1. The predicted octanol–water partition coefficient (Wildman–Crippen LogP) is 4.42. The number of para-hydroxylation sites is 1. The largest absolute Gasteiger partial charge is 0.415 e. The van der Waals surface area contributed by atoms with Gasteiger partial charge in [0.1, 0.15) is 0 Å². The van der Waals surface area contributed by atoms with Crippen molar-refractivity contribution in [1.82, 2.24) is 20.1 Å². The van der Waals surface area contributed by atoms with Crippen molar-refractivity contribution in [2.24, 2.45) is 0 Å². The van der Waals surface area contributed by atoms with Gasteiger partial charge in [0.05, 0.1) is 28.7 Å². The zero-order valence-electron chi connectivity index (χ0n) is 19.1. The number of aromatic nitrogens is 3. The number of anilines is 1. The second kappa shape index (κ2) is 9.98. The van der Waals surface area contributed by atoms with Gasteiger partial charge in [-0.2, -0.15) is 8.78 Å². The molecule has 1 saturated carbocycles. The van der Waals surface area contributed by atoms with Gasteiger partial charge in [-0.15, -0.1) is 10.2 Å². The first-order chi connectivity index (χ1) is 16.9. The van der Waals surface area contributed by atoms with Crippen LogP contribution in [0.1, 0.15) is 50.1 Å². The number of rotatable bonds is 8. The lowest BCUT2D eigenvalue weighted by Gasteiger charge is -2.42. The van der Waals surface area contributed by atoms with Gasteiger partial charge >= 0.3 is 6.43 Å². The Morgan fingerprint density at radius 2 is 1.77 bits per heavy atom. The quantitative estimate of drug-likeness (QED) is 0.449. The molecule has 0 N–H and O–H groups in total. The third-order valence-corrected chi connectivity index (χ3v) is 9.11. The average molecular weight is 504 g/mol. The summed E-state index contributed by atoms with van der Waals surface area (Å²) in [6.07, 6.45) is 3.47. The summed E-state index contributed by atoms with van der Waals surface area (Å²) in [7, 11) is -3.64. The van der Waals surface area contributed by atoms with Crippen LogP contribution in [0.15, 0.2) is 53.1 Å². The van der Waals surface area contributed by atoms with E-state index >= 15 is 0 Å². The van der Waals surface area contributed by atoms with Crippen LogP contribution >= 0.6 is 0 Å². The monoisotopic (exact) mass is 503 g/mol. The molecule has 2 aromatic heterocycles. The molecule has 1 saturated heterocycles. The summed E-state index contributed by atoms with van der Waals surface area (Å²) < 4.78 is 59.4. The molecule has 3 heterocycles. The topological polar surface area (TPSA) is 92.4 Å². The molecule has 0 amide bonds. The maximum absolute atomic E-state index is 13.8. The number of piperidine rings is 1. The van der Waals surface area contributed by atoms with Crippen LogP contribution in [-0.4, -0.2) is 52.9 Å². The van der Waals surface area contributed by atoms with Crippen LogP contribution in [0.3, 0.4) is 0 Å². The molecule has 5 rings (SSSR count). The van der Waals surface area contributed by atoms with Crippen LogP contribution < -0.4 is 4.31 Å². The van der Waals surface area contributed by atoms with Gasteiger partial charge < -0.3 is 9.32 Å². The Labute approximate surface area is 203 Å². The molecule has 0 radical (unpaired) electrons. The van der Waals surface area contributed by atoms with E-state index in [1.54, 1.807) is 24.3 Å². The number of benzene rings is 1. The molecule has 2 aliphatic rings. The Kier molecular flexibility index (Phi) is 6.79. The molecule has 1 aliphatic carbocycles. The Morgan fingerprint density at radius 3 is 2.34 bits per heavy atom. The highest BCUT2D eigenvalue weighted by molar-refractivity contribution is 7.93. The van der Waals surface area contributed by atoms with Gasteiger partial charge in [-0.1, -0.05) is 24.6 Å². The van der Waals surface area contributed by atoms with E-state index in [4.69, 9.17) is 4.42 Å². The number of likely N-dealkylation sites (tertiary alicyclic amines) is 1. The first-order valence-electron chi connectivity index (χ1n) is 11.8. The van der Waals surface area contributed by atoms with E-state index in [-0.39, 0.29) is 12.4 Å². The smallest absolute Gasteiger partial charge is 0.314 e. The number of nitrogens with zero attached hydrogens (tertiary/aromatic N) is 5. The minimum absolute atomic E-state index is 0.0571. The summed E-state index contributed by atoms with van der Waals surface area (Å²) in [5.74, 6) is -0.820. The molecule has 0 unspecified atom stereocenters. The van der Waals surface area contributed by atoms with Gasteiger partial charge in [-0.05, 0) is 63.0 Å². The molecule has 1 aromatic carbocycles. The van der Waals surface area contributed by atoms with Crippen molar-refractivity contribution >= 4 is 15.7 Å². The van der Waals surface area contributed by atoms with Crippen LogP contribution in [0.4, 0.5) is 14.5 Å². The lowest BCUT2D eigenvalue weighted by molar-refractivity contribution is 0.106. The van der Waals surface area contributed by atoms with Crippen molar-refractivity contribution in [3.8, 4) is 11.5 Å². The van der Waals surface area contributed by atoms with E-state index in [1.807, 2.05) is 18.2 Å². The number of pyridine rings is 1. The maximum atomic E-state index is 13.8. The number of hydrogen-bond donors (Lipinski definition) is 0. The van der Waals surface area contributed by atoms with Gasteiger partial charge in [-0.3, -0.25) is 9.29 Å². The van der Waals surface area contributed by atoms with Crippen molar-refractivity contribution < 1.29 is 21.6 Å². The molecular formula is C24H27F2N5O3S. The molecule has 0 atom stereocenters. The van der Waals surface area contributed by atoms with Crippen LogP contribution in [0.2, 0.25) is 0 Å². The molecule has 35 heavy (non-hydrogen) atoms. The third kappa shape index (κ3) is 5.06. The second-order valence-corrected chi connectivity index (χ2v) is 11.1. The Hall–Kier alpha value is -2.92. The highest BCUT2D eigenvalue weighted by Crippen LogP contribution is 2.32. The fraction of sp³-hybridized carbons (Fsp3) is 0.458. The zero-order chi connectivity index (χ0) is 24.4. The van der Waals surface area contributed by atoms with Crippen molar-refractivity contribution in [2.75, 3.05) is 17.4 Å². The molecule has 8 nitrogen and oxygen atoms in total. The molecule has 2 fully saturated rings. The number of halogens is 2. The van der Waals surface area contributed by atoms with Gasteiger partial charge in [0, 0.05) is 12.2 Å². The molecule has 3 aromatic rings. The minimum atomic E-state index is -3.64. The number of alkyl halides is 2. The molecule has 186 valence electrons. The van der Waals surface area contributed by atoms with Crippen LogP contribution in [0, 0.1) is 0 Å². The van der Waals surface area contributed by atoms with Crippen molar-refractivity contribution in [1.29, 1.82) is 0 Å². The first-order valence-corrected chi connectivity index (χ1v) is 13.3. The third-order valence-electron chi connectivity index (χ3n) is 6.84. The molecule has 0 spiro atoms. The summed E-state index contributed by atoms with van der Waals surface area (Å²) >= 11 is 0. The standard InChI is InChI=1S/C24H27F2N5O3S/c25-22(26)24-29-28-23(34-24)17-9-10-18(27-15-17)16-31(20-5-2-1-3-6-20)35(32,33)21-11-13-30(14-12-21)19-7-4-8-19/h1-3,5-6,9-10,15,19,21-22H,4,7-8,11-14,16H2. The van der Waals surface area contributed by atoms with Crippen LogP contribution in [0.5, 0.6) is 0 Å². The summed E-state index contributed by atoms with van der Waals surface area (Å²) in [6, 6.07) is 12.9. The van der Waals surface area contributed by atoms with E-state index in [0.717, 1.165) is 13.1 Å². The number of sulfonamides is 1. The van der Waals surface area contributed by atoms with Gasteiger partial charge in [0.25, 0.3) is 5.89 Å². The normalized spacial score (nSPS) is 18.0. The lowest BCUT2D eigenvalue weighted by Crippen LogP contribution is -2.49. The fourth-order valence-corrected chi connectivity index (χ4v) is 6.52. The van der Waals surface area contributed by atoms with Gasteiger partial charge in [0.15, 0.2) is 0 Å². The Morgan fingerprint density at radius 1 is 1.03 bits per heavy atom. The first kappa shape index (κ1) is 23.8. The van der Waals surface area contributed by atoms with E-state index < -0.39 is 27.6 Å². The molecule has 1 aliphatic heterocycles. The van der Waals surface area contributed by atoms with E-state index in [9.17, 15) is 17.2 Å². The van der Waals surface area contributed by atoms with Crippen LogP contribution in [-0.2, 0) is 16.6 Å².